The number of para-hydroxylation sites is 1. The Morgan fingerprint density at radius 1 is 1.04 bits per heavy atom. The second-order valence-corrected chi connectivity index (χ2v) is 8.38. The second-order valence-electron chi connectivity index (χ2n) is 5.66. The molecule has 0 bridgehead atoms. The highest BCUT2D eigenvalue weighted by atomic mass is 32.2. The zero-order valence-electron chi connectivity index (χ0n) is 14.2. The summed E-state index contributed by atoms with van der Waals surface area (Å²) < 4.78 is 27.4. The summed E-state index contributed by atoms with van der Waals surface area (Å²) in [5.41, 5.74) is 0.394. The van der Waals surface area contributed by atoms with Gasteiger partial charge in [0.15, 0.2) is 0 Å². The molecule has 27 heavy (non-hydrogen) atoms. The predicted octanol–water partition coefficient (Wildman–Crippen LogP) is 4.11. The van der Waals surface area contributed by atoms with E-state index in [2.05, 4.69) is 10.0 Å². The van der Waals surface area contributed by atoms with Crippen LogP contribution in [0.5, 0.6) is 0 Å². The first-order valence-electron chi connectivity index (χ1n) is 8.08. The van der Waals surface area contributed by atoms with E-state index in [0.29, 0.717) is 12.2 Å². The predicted molar refractivity (Wildman–Crippen MR) is 107 cm³/mol. The number of nitro groups is 1. The third-order valence-electron chi connectivity index (χ3n) is 3.77. The molecule has 140 valence electrons. The van der Waals surface area contributed by atoms with Crippen molar-refractivity contribution in [3.05, 3.63) is 81.0 Å². The molecule has 0 aliphatic carbocycles. The van der Waals surface area contributed by atoms with Crippen LogP contribution in [0.4, 0.5) is 17.1 Å². The molecule has 1 heterocycles. The minimum atomic E-state index is -3.92. The fourth-order valence-corrected chi connectivity index (χ4v) is 4.26. The van der Waals surface area contributed by atoms with Crippen LogP contribution >= 0.6 is 11.3 Å². The van der Waals surface area contributed by atoms with Gasteiger partial charge < -0.3 is 5.32 Å². The summed E-state index contributed by atoms with van der Waals surface area (Å²) in [5.74, 6) is 0. The number of nitro benzene ring substituents is 1. The lowest BCUT2D eigenvalue weighted by Crippen LogP contribution is -2.14. The number of anilines is 2. The summed E-state index contributed by atoms with van der Waals surface area (Å²) in [7, 11) is -3.92. The van der Waals surface area contributed by atoms with Crippen molar-refractivity contribution in [1.29, 1.82) is 0 Å². The van der Waals surface area contributed by atoms with Gasteiger partial charge in [-0.15, -0.1) is 11.3 Å². The van der Waals surface area contributed by atoms with Gasteiger partial charge in [-0.2, -0.15) is 0 Å². The topological polar surface area (TPSA) is 101 Å². The smallest absolute Gasteiger partial charge is 0.293 e. The Hall–Kier alpha value is -2.91. The van der Waals surface area contributed by atoms with Crippen LogP contribution in [-0.4, -0.2) is 19.9 Å². The van der Waals surface area contributed by atoms with Crippen molar-refractivity contribution >= 4 is 38.4 Å². The lowest BCUT2D eigenvalue weighted by Gasteiger charge is -2.10. The molecule has 0 unspecified atom stereocenters. The van der Waals surface area contributed by atoms with Crippen LogP contribution in [0.1, 0.15) is 4.88 Å². The third kappa shape index (κ3) is 4.83. The standard InChI is InChI=1S/C18H17N3O4S2/c22-21(23)18-13-16(27(24,25)20-14-5-2-1-3-6-14)8-9-17(18)19-11-10-15-7-4-12-26-15/h1-9,12-13,19-20H,10-11H2. The monoisotopic (exact) mass is 403 g/mol. The molecule has 0 amide bonds. The molecule has 0 atom stereocenters. The van der Waals surface area contributed by atoms with E-state index in [1.54, 1.807) is 41.7 Å². The molecule has 0 saturated heterocycles. The second kappa shape index (κ2) is 8.19. The van der Waals surface area contributed by atoms with Gasteiger partial charge in [-0.1, -0.05) is 24.3 Å². The average Bonchev–Trinajstić information content (AvgIpc) is 3.15. The zero-order valence-corrected chi connectivity index (χ0v) is 15.8. The number of rotatable bonds is 8. The van der Waals surface area contributed by atoms with Gasteiger partial charge in [-0.25, -0.2) is 8.42 Å². The highest BCUT2D eigenvalue weighted by Gasteiger charge is 2.21. The van der Waals surface area contributed by atoms with E-state index < -0.39 is 14.9 Å². The molecule has 0 aliphatic rings. The van der Waals surface area contributed by atoms with Crippen molar-refractivity contribution < 1.29 is 13.3 Å². The van der Waals surface area contributed by atoms with E-state index in [-0.39, 0.29) is 16.3 Å². The molecule has 3 aromatic rings. The Bertz CT molecular complexity index is 1020. The van der Waals surface area contributed by atoms with Crippen molar-refractivity contribution in [1.82, 2.24) is 0 Å². The van der Waals surface area contributed by atoms with Gasteiger partial charge in [0.05, 0.1) is 9.82 Å². The number of nitrogens with zero attached hydrogens (tertiary/aromatic N) is 1. The van der Waals surface area contributed by atoms with E-state index >= 15 is 0 Å². The van der Waals surface area contributed by atoms with Crippen molar-refractivity contribution in [2.24, 2.45) is 0 Å². The van der Waals surface area contributed by atoms with Crippen LogP contribution in [0.25, 0.3) is 0 Å². The minimum Gasteiger partial charge on any atom is -0.379 e. The van der Waals surface area contributed by atoms with Crippen molar-refractivity contribution in [3.63, 3.8) is 0 Å². The normalized spacial score (nSPS) is 11.1. The van der Waals surface area contributed by atoms with E-state index in [0.717, 1.165) is 17.4 Å². The van der Waals surface area contributed by atoms with E-state index in [9.17, 15) is 18.5 Å². The molecular formula is C18H17N3O4S2. The first-order valence-corrected chi connectivity index (χ1v) is 10.4. The molecule has 0 radical (unpaired) electrons. The van der Waals surface area contributed by atoms with Crippen LogP contribution in [0.3, 0.4) is 0 Å². The fraction of sp³-hybridized carbons (Fsp3) is 0.111. The maximum absolute atomic E-state index is 12.5. The Morgan fingerprint density at radius 2 is 1.81 bits per heavy atom. The molecule has 0 spiro atoms. The number of hydrogen-bond donors (Lipinski definition) is 2. The van der Waals surface area contributed by atoms with Crippen molar-refractivity contribution in [2.45, 2.75) is 11.3 Å². The van der Waals surface area contributed by atoms with Gasteiger partial charge in [0.25, 0.3) is 15.7 Å². The maximum atomic E-state index is 12.5. The minimum absolute atomic E-state index is 0.165. The molecule has 9 heteroatoms. The van der Waals surface area contributed by atoms with Crippen LogP contribution in [0, 0.1) is 10.1 Å². The lowest BCUT2D eigenvalue weighted by atomic mass is 10.2. The Kier molecular flexibility index (Phi) is 5.72. The van der Waals surface area contributed by atoms with E-state index in [1.807, 2.05) is 17.5 Å². The third-order valence-corrected chi connectivity index (χ3v) is 6.08. The Balaban J connectivity index is 1.79. The quantitative estimate of drug-likeness (QED) is 0.435. The first-order chi connectivity index (χ1) is 13.0. The first kappa shape index (κ1) is 18.9. The number of hydrogen-bond acceptors (Lipinski definition) is 6. The number of thiophene rings is 1. The molecule has 1 aromatic heterocycles. The SMILES string of the molecule is O=[N+]([O-])c1cc(S(=O)(=O)Nc2ccccc2)ccc1NCCc1cccs1. The molecule has 0 aliphatic heterocycles. The maximum Gasteiger partial charge on any atom is 0.293 e. The van der Waals surface area contributed by atoms with Crippen molar-refractivity contribution in [2.75, 3.05) is 16.6 Å². The molecule has 3 rings (SSSR count). The largest absolute Gasteiger partial charge is 0.379 e. The molecule has 0 saturated carbocycles. The van der Waals surface area contributed by atoms with Gasteiger partial charge in [0, 0.05) is 23.2 Å². The summed E-state index contributed by atoms with van der Waals surface area (Å²) >= 11 is 1.61. The van der Waals surface area contributed by atoms with E-state index in [1.165, 1.54) is 12.1 Å². The molecule has 2 N–H and O–H groups in total. The molecule has 2 aromatic carbocycles. The van der Waals surface area contributed by atoms with Crippen LogP contribution in [0.2, 0.25) is 0 Å². The molecular weight excluding hydrogens is 386 g/mol. The van der Waals surface area contributed by atoms with Gasteiger partial charge in [-0.05, 0) is 42.1 Å². The highest BCUT2D eigenvalue weighted by molar-refractivity contribution is 7.92. The van der Waals surface area contributed by atoms with E-state index in [4.69, 9.17) is 0 Å². The van der Waals surface area contributed by atoms with Crippen LogP contribution in [0.15, 0.2) is 70.9 Å². The van der Waals surface area contributed by atoms with Gasteiger partial charge in [0.1, 0.15) is 5.69 Å². The van der Waals surface area contributed by atoms with Gasteiger partial charge in [-0.3, -0.25) is 14.8 Å². The Labute approximate surface area is 160 Å². The molecule has 0 fully saturated rings. The van der Waals surface area contributed by atoms with Crippen LogP contribution < -0.4 is 10.0 Å². The summed E-state index contributed by atoms with van der Waals surface area (Å²) in [4.78, 5) is 11.8. The summed E-state index contributed by atoms with van der Waals surface area (Å²) in [5, 5.41) is 16.4. The highest BCUT2D eigenvalue weighted by Crippen LogP contribution is 2.28. The Morgan fingerprint density at radius 3 is 2.48 bits per heavy atom. The average molecular weight is 403 g/mol. The number of sulfonamides is 1. The van der Waals surface area contributed by atoms with Gasteiger partial charge in [0.2, 0.25) is 0 Å². The zero-order chi connectivity index (χ0) is 19.3. The number of benzene rings is 2. The lowest BCUT2D eigenvalue weighted by molar-refractivity contribution is -0.384. The van der Waals surface area contributed by atoms with Gasteiger partial charge >= 0.3 is 0 Å². The van der Waals surface area contributed by atoms with Crippen molar-refractivity contribution in [3.8, 4) is 0 Å². The summed E-state index contributed by atoms with van der Waals surface area (Å²) in [6.07, 6.45) is 0.727. The molecule has 7 nitrogen and oxygen atoms in total. The van der Waals surface area contributed by atoms with Crippen LogP contribution in [-0.2, 0) is 16.4 Å². The fourth-order valence-electron chi connectivity index (χ4n) is 2.47. The summed E-state index contributed by atoms with van der Waals surface area (Å²) in [6, 6.07) is 16.1. The summed E-state index contributed by atoms with van der Waals surface area (Å²) in [6.45, 7) is 0.510. The number of nitrogens with one attached hydrogen (secondary N) is 2.